The number of amides is 1. The summed E-state index contributed by atoms with van der Waals surface area (Å²) in [4.78, 5) is 23.8. The van der Waals surface area contributed by atoms with E-state index in [9.17, 15) is 4.79 Å². The van der Waals surface area contributed by atoms with Gasteiger partial charge < -0.3 is 10.2 Å². The summed E-state index contributed by atoms with van der Waals surface area (Å²) in [6, 6.07) is 2.23. The molecule has 7 nitrogen and oxygen atoms in total. The molecule has 1 amide bonds. The molecule has 1 atom stereocenters. The number of hydrogen-bond acceptors (Lipinski definition) is 5. The molecule has 3 heterocycles. The third kappa shape index (κ3) is 4.46. The van der Waals surface area contributed by atoms with Gasteiger partial charge in [-0.3, -0.25) is 9.78 Å². The van der Waals surface area contributed by atoms with E-state index in [1.165, 1.54) is 0 Å². The van der Waals surface area contributed by atoms with Gasteiger partial charge in [0, 0.05) is 30.7 Å². The summed E-state index contributed by atoms with van der Waals surface area (Å²) in [5, 5.41) is 7.63. The first-order valence-electron chi connectivity index (χ1n) is 9.76. The van der Waals surface area contributed by atoms with Gasteiger partial charge >= 0.3 is 0 Å². The Bertz CT molecular complexity index is 792. The molecule has 0 radical (unpaired) electrons. The van der Waals surface area contributed by atoms with Crippen molar-refractivity contribution in [3.05, 3.63) is 29.8 Å². The highest BCUT2D eigenvalue weighted by Crippen LogP contribution is 2.23. The van der Waals surface area contributed by atoms with E-state index in [2.05, 4.69) is 41.1 Å². The number of carbonyl (C=O) groups is 1. The summed E-state index contributed by atoms with van der Waals surface area (Å²) in [6.45, 7) is 11.9. The maximum absolute atomic E-state index is 12.5. The van der Waals surface area contributed by atoms with Gasteiger partial charge in [0.05, 0.1) is 18.1 Å². The number of anilines is 1. The lowest BCUT2D eigenvalue weighted by Gasteiger charge is -2.33. The number of hydrogen-bond donors (Lipinski definition) is 1. The Labute approximate surface area is 161 Å². The lowest BCUT2D eigenvalue weighted by molar-refractivity contribution is -0.126. The summed E-state index contributed by atoms with van der Waals surface area (Å²) < 4.78 is 1.82. The van der Waals surface area contributed by atoms with E-state index >= 15 is 0 Å². The second-order valence-electron chi connectivity index (χ2n) is 7.88. The van der Waals surface area contributed by atoms with Crippen LogP contribution in [0.5, 0.6) is 0 Å². The van der Waals surface area contributed by atoms with E-state index in [0.717, 1.165) is 49.0 Å². The first-order chi connectivity index (χ1) is 12.8. The molecule has 1 fully saturated rings. The molecule has 1 N–H and O–H groups in total. The Hall–Kier alpha value is -2.44. The standard InChI is InChI=1S/C20H30N6O/c1-13(2)16(5)22-20(27)17-6-8-25(9-7-17)18-11-21-12-19(23-18)26-15(4)10-14(3)24-26/h10-13,16-17H,6-9H2,1-5H3,(H,22,27). The molecule has 2 aromatic heterocycles. The topological polar surface area (TPSA) is 75.9 Å². The smallest absolute Gasteiger partial charge is 0.223 e. The minimum Gasteiger partial charge on any atom is -0.355 e. The summed E-state index contributed by atoms with van der Waals surface area (Å²) >= 11 is 0. The van der Waals surface area contributed by atoms with Crippen molar-refractivity contribution in [2.45, 2.75) is 53.5 Å². The van der Waals surface area contributed by atoms with Crippen LogP contribution in [0.1, 0.15) is 45.0 Å². The van der Waals surface area contributed by atoms with Gasteiger partial charge in [0.1, 0.15) is 5.82 Å². The molecular weight excluding hydrogens is 340 g/mol. The summed E-state index contributed by atoms with van der Waals surface area (Å²) in [5.74, 6) is 2.27. The second kappa shape index (κ2) is 8.06. The molecule has 7 heteroatoms. The van der Waals surface area contributed by atoms with Crippen LogP contribution in [-0.2, 0) is 4.79 Å². The van der Waals surface area contributed by atoms with Gasteiger partial charge in [0.2, 0.25) is 5.91 Å². The zero-order valence-corrected chi connectivity index (χ0v) is 16.9. The highest BCUT2D eigenvalue weighted by Gasteiger charge is 2.27. The highest BCUT2D eigenvalue weighted by atomic mass is 16.1. The zero-order chi connectivity index (χ0) is 19.6. The van der Waals surface area contributed by atoms with Gasteiger partial charge in [0.25, 0.3) is 0 Å². The Morgan fingerprint density at radius 3 is 2.41 bits per heavy atom. The van der Waals surface area contributed by atoms with Crippen LogP contribution in [0.2, 0.25) is 0 Å². The van der Waals surface area contributed by atoms with Crippen LogP contribution in [0.4, 0.5) is 5.82 Å². The number of nitrogens with one attached hydrogen (secondary N) is 1. The predicted octanol–water partition coefficient (Wildman–Crippen LogP) is 2.66. The number of nitrogens with zero attached hydrogens (tertiary/aromatic N) is 5. The lowest BCUT2D eigenvalue weighted by atomic mass is 9.95. The van der Waals surface area contributed by atoms with Crippen molar-refractivity contribution in [1.82, 2.24) is 25.1 Å². The van der Waals surface area contributed by atoms with Crippen LogP contribution in [0.25, 0.3) is 5.82 Å². The average molecular weight is 371 g/mol. The fraction of sp³-hybridized carbons (Fsp3) is 0.600. The Kier molecular flexibility index (Phi) is 5.77. The molecule has 0 saturated carbocycles. The lowest BCUT2D eigenvalue weighted by Crippen LogP contribution is -2.44. The summed E-state index contributed by atoms with van der Waals surface area (Å²) in [6.07, 6.45) is 5.19. The minimum absolute atomic E-state index is 0.0783. The molecule has 2 aromatic rings. The van der Waals surface area contributed by atoms with Gasteiger partial charge in [0.15, 0.2) is 5.82 Å². The van der Waals surface area contributed by atoms with Crippen LogP contribution in [-0.4, -0.2) is 44.8 Å². The van der Waals surface area contributed by atoms with Crippen LogP contribution in [0, 0.1) is 25.7 Å². The normalized spacial score (nSPS) is 16.6. The van der Waals surface area contributed by atoms with Crippen molar-refractivity contribution in [2.75, 3.05) is 18.0 Å². The predicted molar refractivity (Wildman–Crippen MR) is 106 cm³/mol. The van der Waals surface area contributed by atoms with Crippen LogP contribution in [0.3, 0.4) is 0 Å². The van der Waals surface area contributed by atoms with Gasteiger partial charge in [-0.05, 0) is 45.6 Å². The third-order valence-electron chi connectivity index (χ3n) is 5.40. The fourth-order valence-corrected chi connectivity index (χ4v) is 3.34. The number of aromatic nitrogens is 4. The van der Waals surface area contributed by atoms with Gasteiger partial charge in [-0.2, -0.15) is 5.10 Å². The molecule has 0 aromatic carbocycles. The maximum atomic E-state index is 12.5. The van der Waals surface area contributed by atoms with Crippen LogP contribution >= 0.6 is 0 Å². The van der Waals surface area contributed by atoms with Crippen molar-refractivity contribution in [3.8, 4) is 5.82 Å². The van der Waals surface area contributed by atoms with Gasteiger partial charge in [-0.15, -0.1) is 0 Å². The molecular formula is C20H30N6O. The minimum atomic E-state index is 0.0783. The van der Waals surface area contributed by atoms with E-state index < -0.39 is 0 Å². The Morgan fingerprint density at radius 1 is 1.15 bits per heavy atom. The fourth-order valence-electron chi connectivity index (χ4n) is 3.34. The molecule has 0 bridgehead atoms. The third-order valence-corrected chi connectivity index (χ3v) is 5.40. The molecule has 1 unspecified atom stereocenters. The first-order valence-corrected chi connectivity index (χ1v) is 9.76. The number of aryl methyl sites for hydroxylation is 2. The second-order valence-corrected chi connectivity index (χ2v) is 7.88. The average Bonchev–Trinajstić information content (AvgIpc) is 3.00. The van der Waals surface area contributed by atoms with Crippen LogP contribution in [0.15, 0.2) is 18.5 Å². The molecule has 3 rings (SSSR count). The number of carbonyl (C=O) groups excluding carboxylic acids is 1. The van der Waals surface area contributed by atoms with Crippen molar-refractivity contribution in [2.24, 2.45) is 11.8 Å². The number of piperidine rings is 1. The van der Waals surface area contributed by atoms with Crippen molar-refractivity contribution in [1.29, 1.82) is 0 Å². The van der Waals surface area contributed by atoms with Gasteiger partial charge in [-0.25, -0.2) is 9.67 Å². The number of rotatable bonds is 5. The van der Waals surface area contributed by atoms with Gasteiger partial charge in [-0.1, -0.05) is 13.8 Å². The van der Waals surface area contributed by atoms with E-state index in [-0.39, 0.29) is 17.9 Å². The Morgan fingerprint density at radius 2 is 1.81 bits per heavy atom. The molecule has 1 aliphatic rings. The van der Waals surface area contributed by atoms with Crippen LogP contribution < -0.4 is 10.2 Å². The highest BCUT2D eigenvalue weighted by molar-refractivity contribution is 5.79. The van der Waals surface area contributed by atoms with E-state index in [4.69, 9.17) is 4.98 Å². The largest absolute Gasteiger partial charge is 0.355 e. The molecule has 0 spiro atoms. The maximum Gasteiger partial charge on any atom is 0.223 e. The molecule has 146 valence electrons. The summed E-state index contributed by atoms with van der Waals surface area (Å²) in [7, 11) is 0. The zero-order valence-electron chi connectivity index (χ0n) is 16.9. The molecule has 27 heavy (non-hydrogen) atoms. The monoisotopic (exact) mass is 370 g/mol. The molecule has 1 aliphatic heterocycles. The first kappa shape index (κ1) is 19.3. The van der Waals surface area contributed by atoms with Crippen molar-refractivity contribution in [3.63, 3.8) is 0 Å². The molecule has 0 aliphatic carbocycles. The molecule has 1 saturated heterocycles. The SMILES string of the molecule is Cc1cc(C)n(-c2cncc(N3CCC(C(=O)NC(C)C(C)C)CC3)n2)n1. The van der Waals surface area contributed by atoms with Crippen molar-refractivity contribution >= 4 is 11.7 Å². The van der Waals surface area contributed by atoms with E-state index in [1.807, 2.05) is 24.6 Å². The summed E-state index contributed by atoms with van der Waals surface area (Å²) in [5.41, 5.74) is 2.00. The quantitative estimate of drug-likeness (QED) is 0.876. The van der Waals surface area contributed by atoms with E-state index in [0.29, 0.717) is 5.92 Å². The van der Waals surface area contributed by atoms with E-state index in [1.54, 1.807) is 12.4 Å². The Balaban J connectivity index is 1.64. The van der Waals surface area contributed by atoms with Crippen molar-refractivity contribution < 1.29 is 4.79 Å².